The first-order valence-corrected chi connectivity index (χ1v) is 10.3. The van der Waals surface area contributed by atoms with Crippen LogP contribution >= 0.6 is 0 Å². The molecule has 3 aromatic heterocycles. The van der Waals surface area contributed by atoms with Crippen LogP contribution in [0.15, 0.2) is 42.9 Å². The van der Waals surface area contributed by atoms with E-state index in [9.17, 15) is 4.79 Å². The number of nitrogens with zero attached hydrogens (tertiary/aromatic N) is 6. The van der Waals surface area contributed by atoms with Gasteiger partial charge in [0.15, 0.2) is 0 Å². The van der Waals surface area contributed by atoms with E-state index in [1.165, 1.54) is 5.69 Å². The van der Waals surface area contributed by atoms with Gasteiger partial charge >= 0.3 is 0 Å². The molecule has 1 aliphatic rings. The van der Waals surface area contributed by atoms with Gasteiger partial charge in [0.25, 0.3) is 0 Å². The maximum absolute atomic E-state index is 12.0. The number of hydrogen-bond donors (Lipinski definition) is 0. The first-order chi connectivity index (χ1) is 14.5. The highest BCUT2D eigenvalue weighted by Crippen LogP contribution is 2.35. The average molecular weight is 400 g/mol. The second kappa shape index (κ2) is 7.09. The standard InChI is InChI=1S/C23H24N6O/c1-4-29-22-8-9-28(15(2)30)14-20(22)23(26-29)18-7-5-6-16-10-21(24-12-19(16)18)17-11-25-27(3)13-17/h5-7,10-13H,4,8-9,14H2,1-3H3. The average Bonchev–Trinajstić information content (AvgIpc) is 3.36. The molecule has 0 unspecified atom stereocenters. The van der Waals surface area contributed by atoms with Gasteiger partial charge < -0.3 is 4.90 Å². The first kappa shape index (κ1) is 18.5. The lowest BCUT2D eigenvalue weighted by Crippen LogP contribution is -2.34. The molecule has 0 radical (unpaired) electrons. The smallest absolute Gasteiger partial charge is 0.219 e. The van der Waals surface area contributed by atoms with Crippen molar-refractivity contribution in [2.45, 2.75) is 33.4 Å². The molecule has 1 amide bonds. The van der Waals surface area contributed by atoms with Gasteiger partial charge in [0.2, 0.25) is 5.91 Å². The molecule has 0 spiro atoms. The number of rotatable bonds is 3. The molecular weight excluding hydrogens is 376 g/mol. The van der Waals surface area contributed by atoms with E-state index in [2.05, 4.69) is 41.0 Å². The van der Waals surface area contributed by atoms with Crippen LogP contribution in [-0.2, 0) is 31.4 Å². The van der Waals surface area contributed by atoms with E-state index in [4.69, 9.17) is 10.1 Å². The third-order valence-electron chi connectivity index (χ3n) is 5.90. The van der Waals surface area contributed by atoms with Gasteiger partial charge in [-0.05, 0) is 18.4 Å². The zero-order chi connectivity index (χ0) is 20.8. The summed E-state index contributed by atoms with van der Waals surface area (Å²) in [5, 5.41) is 11.4. The van der Waals surface area contributed by atoms with Crippen LogP contribution in [0.3, 0.4) is 0 Å². The van der Waals surface area contributed by atoms with Gasteiger partial charge in [0.05, 0.1) is 17.6 Å². The van der Waals surface area contributed by atoms with E-state index in [1.807, 2.05) is 30.5 Å². The Balaban J connectivity index is 1.65. The Morgan fingerprint density at radius 3 is 2.83 bits per heavy atom. The SMILES string of the molecule is CCn1nc(-c2cccc3cc(-c4cnn(C)c4)ncc23)c2c1CCN(C(C)=O)C2. The summed E-state index contributed by atoms with van der Waals surface area (Å²) in [5.74, 6) is 0.108. The van der Waals surface area contributed by atoms with Crippen molar-refractivity contribution in [2.24, 2.45) is 7.05 Å². The fourth-order valence-corrected chi connectivity index (χ4v) is 4.33. The summed E-state index contributed by atoms with van der Waals surface area (Å²) in [7, 11) is 1.90. The minimum atomic E-state index is 0.108. The summed E-state index contributed by atoms with van der Waals surface area (Å²) in [6.45, 7) is 5.92. The van der Waals surface area contributed by atoms with E-state index >= 15 is 0 Å². The van der Waals surface area contributed by atoms with Crippen molar-refractivity contribution in [1.29, 1.82) is 0 Å². The van der Waals surface area contributed by atoms with E-state index < -0.39 is 0 Å². The number of carbonyl (C=O) groups is 1. The molecule has 4 heterocycles. The van der Waals surface area contributed by atoms with Crippen LogP contribution in [0, 0.1) is 0 Å². The van der Waals surface area contributed by atoms with E-state index in [0.29, 0.717) is 6.54 Å². The fourth-order valence-electron chi connectivity index (χ4n) is 4.33. The molecule has 4 aromatic rings. The van der Waals surface area contributed by atoms with Gasteiger partial charge in [0, 0.05) is 80.2 Å². The number of benzene rings is 1. The normalized spacial score (nSPS) is 13.6. The van der Waals surface area contributed by atoms with E-state index in [-0.39, 0.29) is 5.91 Å². The summed E-state index contributed by atoms with van der Waals surface area (Å²) >= 11 is 0. The molecule has 1 aliphatic heterocycles. The molecule has 0 saturated carbocycles. The second-order valence-electron chi connectivity index (χ2n) is 7.78. The zero-order valence-corrected chi connectivity index (χ0v) is 17.5. The maximum atomic E-state index is 12.0. The quantitative estimate of drug-likeness (QED) is 0.528. The van der Waals surface area contributed by atoms with Crippen molar-refractivity contribution in [2.75, 3.05) is 6.54 Å². The van der Waals surface area contributed by atoms with Gasteiger partial charge in [-0.2, -0.15) is 10.2 Å². The Kier molecular flexibility index (Phi) is 4.38. The summed E-state index contributed by atoms with van der Waals surface area (Å²) in [6.07, 6.45) is 6.56. The molecule has 30 heavy (non-hydrogen) atoms. The molecule has 7 nitrogen and oxygen atoms in total. The Morgan fingerprint density at radius 2 is 2.10 bits per heavy atom. The van der Waals surface area contributed by atoms with E-state index in [1.54, 1.807) is 11.6 Å². The van der Waals surface area contributed by atoms with Gasteiger partial charge in [-0.15, -0.1) is 0 Å². The summed E-state index contributed by atoms with van der Waals surface area (Å²) < 4.78 is 3.86. The third kappa shape index (κ3) is 2.98. The number of hydrogen-bond acceptors (Lipinski definition) is 4. The lowest BCUT2D eigenvalue weighted by atomic mass is 9.97. The van der Waals surface area contributed by atoms with Crippen LogP contribution in [0.25, 0.3) is 33.3 Å². The molecule has 0 N–H and O–H groups in total. The van der Waals surface area contributed by atoms with Gasteiger partial charge in [0.1, 0.15) is 0 Å². The van der Waals surface area contributed by atoms with Crippen LogP contribution in [0.1, 0.15) is 25.1 Å². The predicted octanol–water partition coefficient (Wildman–Crippen LogP) is 3.42. The maximum Gasteiger partial charge on any atom is 0.219 e. The van der Waals surface area contributed by atoms with Gasteiger partial charge in [-0.1, -0.05) is 18.2 Å². The van der Waals surface area contributed by atoms with Crippen molar-refractivity contribution in [1.82, 2.24) is 29.4 Å². The number of pyridine rings is 1. The number of aromatic nitrogens is 5. The number of fused-ring (bicyclic) bond motifs is 2. The van der Waals surface area contributed by atoms with Crippen LogP contribution < -0.4 is 0 Å². The Bertz CT molecular complexity index is 1270. The highest BCUT2D eigenvalue weighted by molar-refractivity contribution is 5.97. The Labute approximate surface area is 174 Å². The van der Waals surface area contributed by atoms with Crippen LogP contribution in [0.5, 0.6) is 0 Å². The molecule has 0 atom stereocenters. The third-order valence-corrected chi connectivity index (χ3v) is 5.90. The molecule has 7 heteroatoms. The van der Waals surface area contributed by atoms with Crippen LogP contribution in [-0.4, -0.2) is 41.9 Å². The number of amides is 1. The minimum Gasteiger partial charge on any atom is -0.338 e. The molecule has 0 fully saturated rings. The largest absolute Gasteiger partial charge is 0.338 e. The summed E-state index contributed by atoms with van der Waals surface area (Å²) in [5.41, 5.74) is 6.31. The Hall–Kier alpha value is -3.48. The topological polar surface area (TPSA) is 68.8 Å². The molecule has 5 rings (SSSR count). The van der Waals surface area contributed by atoms with Crippen molar-refractivity contribution >= 4 is 16.7 Å². The lowest BCUT2D eigenvalue weighted by Gasteiger charge is -2.26. The molecule has 0 bridgehead atoms. The molecule has 1 aromatic carbocycles. The van der Waals surface area contributed by atoms with E-state index in [0.717, 1.165) is 58.4 Å². The lowest BCUT2D eigenvalue weighted by molar-refractivity contribution is -0.129. The molecular formula is C23H24N6O. The fraction of sp³-hybridized carbons (Fsp3) is 0.304. The minimum absolute atomic E-state index is 0.108. The highest BCUT2D eigenvalue weighted by atomic mass is 16.2. The van der Waals surface area contributed by atoms with Gasteiger partial charge in [-0.3, -0.25) is 19.1 Å². The monoisotopic (exact) mass is 400 g/mol. The highest BCUT2D eigenvalue weighted by Gasteiger charge is 2.27. The van der Waals surface area contributed by atoms with Crippen LogP contribution in [0.2, 0.25) is 0 Å². The van der Waals surface area contributed by atoms with Crippen LogP contribution in [0.4, 0.5) is 0 Å². The molecule has 0 saturated heterocycles. The van der Waals surface area contributed by atoms with Crippen molar-refractivity contribution in [3.63, 3.8) is 0 Å². The zero-order valence-electron chi connectivity index (χ0n) is 17.5. The van der Waals surface area contributed by atoms with Crippen molar-refractivity contribution in [3.8, 4) is 22.5 Å². The second-order valence-corrected chi connectivity index (χ2v) is 7.78. The summed E-state index contributed by atoms with van der Waals surface area (Å²) in [4.78, 5) is 18.6. The number of aryl methyl sites for hydroxylation is 2. The van der Waals surface area contributed by atoms with Gasteiger partial charge in [-0.25, -0.2) is 0 Å². The van der Waals surface area contributed by atoms with Crippen molar-refractivity contribution < 1.29 is 4.79 Å². The predicted molar refractivity (Wildman–Crippen MR) is 116 cm³/mol. The number of carbonyl (C=O) groups excluding carboxylic acids is 1. The summed E-state index contributed by atoms with van der Waals surface area (Å²) in [6, 6.07) is 8.36. The molecule has 152 valence electrons. The first-order valence-electron chi connectivity index (χ1n) is 10.3. The Morgan fingerprint density at radius 1 is 1.23 bits per heavy atom. The molecule has 0 aliphatic carbocycles. The van der Waals surface area contributed by atoms with Crippen molar-refractivity contribution in [3.05, 3.63) is 54.1 Å².